The lowest BCUT2D eigenvalue weighted by molar-refractivity contribution is 0.0918. The first-order valence-corrected chi connectivity index (χ1v) is 8.46. The highest BCUT2D eigenvalue weighted by Gasteiger charge is 2.43. The third-order valence-corrected chi connectivity index (χ3v) is 5.49. The number of hydrogen-bond donors (Lipinski definition) is 1. The van der Waals surface area contributed by atoms with Gasteiger partial charge in [0.2, 0.25) is 0 Å². The maximum atomic E-state index is 10.5. The van der Waals surface area contributed by atoms with Crippen molar-refractivity contribution in [3.05, 3.63) is 34.9 Å². The minimum Gasteiger partial charge on any atom is -0.386 e. The van der Waals surface area contributed by atoms with E-state index in [1.54, 1.807) is 0 Å². The first-order chi connectivity index (χ1) is 9.72. The Morgan fingerprint density at radius 1 is 1.05 bits per heavy atom. The van der Waals surface area contributed by atoms with Gasteiger partial charge < -0.3 is 5.11 Å². The molecule has 0 fully saturated rings. The van der Waals surface area contributed by atoms with Gasteiger partial charge in [0.1, 0.15) is 0 Å². The van der Waals surface area contributed by atoms with E-state index in [9.17, 15) is 5.11 Å². The molecule has 0 radical (unpaired) electrons. The molecule has 2 rings (SSSR count). The molecule has 0 saturated carbocycles. The summed E-state index contributed by atoms with van der Waals surface area (Å²) in [6.45, 7) is 10.8. The van der Waals surface area contributed by atoms with E-state index in [0.29, 0.717) is 5.92 Å². The fourth-order valence-corrected chi connectivity index (χ4v) is 3.94. The largest absolute Gasteiger partial charge is 0.386 e. The zero-order valence-electron chi connectivity index (χ0n) is 14.5. The van der Waals surface area contributed by atoms with Gasteiger partial charge in [0.15, 0.2) is 0 Å². The Balaban J connectivity index is 2.31. The summed E-state index contributed by atoms with van der Waals surface area (Å²) in [5.74, 6) is 0.503. The van der Waals surface area contributed by atoms with Crippen LogP contribution in [0.25, 0.3) is 0 Å². The van der Waals surface area contributed by atoms with Crippen LogP contribution in [0.4, 0.5) is 0 Å². The summed E-state index contributed by atoms with van der Waals surface area (Å²) in [4.78, 5) is 0. The van der Waals surface area contributed by atoms with Crippen LogP contribution in [0.1, 0.15) is 73.1 Å². The topological polar surface area (TPSA) is 20.2 Å². The van der Waals surface area contributed by atoms with Crippen molar-refractivity contribution in [3.63, 3.8) is 0 Å². The molecule has 0 aromatic carbocycles. The number of fused-ring (bicyclic) bond motifs is 1. The molecular formula is C20H32O. The van der Waals surface area contributed by atoms with Crippen LogP contribution < -0.4 is 0 Å². The number of hydrogen-bond acceptors (Lipinski definition) is 1. The van der Waals surface area contributed by atoms with E-state index in [2.05, 4.69) is 39.0 Å². The maximum Gasteiger partial charge on any atom is 0.0803 e. The Morgan fingerprint density at radius 2 is 1.67 bits per heavy atom. The molecule has 1 heteroatoms. The van der Waals surface area contributed by atoms with Gasteiger partial charge in [-0.1, -0.05) is 36.3 Å². The standard InChI is InChI=1S/C20H32O/c1-15-7-6-8-16(2)11-13-20(5)14-12-17(19(3,4)21)18(20)10-9-15/h7,11-12,18,21H,6,8-10,13-14H2,1-5H3/b15-7+,16-11?/t18-,20-/m1/s1. The van der Waals surface area contributed by atoms with Gasteiger partial charge in [-0.25, -0.2) is 0 Å². The molecule has 0 aromatic rings. The lowest BCUT2D eigenvalue weighted by Crippen LogP contribution is -2.32. The Hall–Kier alpha value is -0.820. The van der Waals surface area contributed by atoms with Crippen LogP contribution in [-0.4, -0.2) is 10.7 Å². The summed E-state index contributed by atoms with van der Waals surface area (Å²) in [5.41, 5.74) is 3.88. The van der Waals surface area contributed by atoms with E-state index in [1.165, 1.54) is 36.0 Å². The molecule has 2 aliphatic carbocycles. The molecule has 1 N–H and O–H groups in total. The molecule has 0 unspecified atom stereocenters. The molecular weight excluding hydrogens is 256 g/mol. The third kappa shape index (κ3) is 3.88. The molecule has 0 amide bonds. The van der Waals surface area contributed by atoms with Gasteiger partial charge in [-0.15, -0.1) is 0 Å². The molecule has 0 heterocycles. The number of rotatable bonds is 1. The Labute approximate surface area is 130 Å². The highest BCUT2D eigenvalue weighted by molar-refractivity contribution is 5.28. The second kappa shape index (κ2) is 6.12. The highest BCUT2D eigenvalue weighted by Crippen LogP contribution is 2.51. The lowest BCUT2D eigenvalue weighted by Gasteiger charge is -2.36. The van der Waals surface area contributed by atoms with E-state index >= 15 is 0 Å². The molecule has 1 nitrogen and oxygen atoms in total. The van der Waals surface area contributed by atoms with Crippen molar-refractivity contribution in [3.8, 4) is 0 Å². The molecule has 0 aromatic heterocycles. The Kier molecular flexibility index (Phi) is 4.82. The van der Waals surface area contributed by atoms with E-state index in [4.69, 9.17) is 0 Å². The minimum atomic E-state index is -0.682. The summed E-state index contributed by atoms with van der Waals surface area (Å²) < 4.78 is 0. The predicted molar refractivity (Wildman–Crippen MR) is 91.2 cm³/mol. The van der Waals surface area contributed by atoms with Crippen molar-refractivity contribution < 1.29 is 5.11 Å². The second-order valence-corrected chi connectivity index (χ2v) is 8.01. The van der Waals surface area contributed by atoms with Gasteiger partial charge in [0.25, 0.3) is 0 Å². The zero-order chi connectivity index (χ0) is 15.7. The molecule has 0 saturated heterocycles. The van der Waals surface area contributed by atoms with Crippen molar-refractivity contribution in [2.45, 2.75) is 78.7 Å². The zero-order valence-corrected chi connectivity index (χ0v) is 14.5. The second-order valence-electron chi connectivity index (χ2n) is 8.01. The monoisotopic (exact) mass is 288 g/mol. The molecule has 2 aliphatic rings. The predicted octanol–water partition coefficient (Wildman–Crippen LogP) is 5.57. The van der Waals surface area contributed by atoms with Crippen LogP contribution in [-0.2, 0) is 0 Å². The molecule has 0 aliphatic heterocycles. The number of allylic oxidation sites excluding steroid dienone is 5. The minimum absolute atomic E-state index is 0.279. The van der Waals surface area contributed by atoms with Gasteiger partial charge in [0, 0.05) is 0 Å². The van der Waals surface area contributed by atoms with E-state index in [1.807, 2.05) is 13.8 Å². The summed E-state index contributed by atoms with van der Waals surface area (Å²) >= 11 is 0. The van der Waals surface area contributed by atoms with Crippen LogP contribution >= 0.6 is 0 Å². The first-order valence-electron chi connectivity index (χ1n) is 8.46. The van der Waals surface area contributed by atoms with Gasteiger partial charge in [-0.2, -0.15) is 0 Å². The highest BCUT2D eigenvalue weighted by atomic mass is 16.3. The van der Waals surface area contributed by atoms with Gasteiger partial charge in [0.05, 0.1) is 5.60 Å². The average Bonchev–Trinajstić information content (AvgIpc) is 2.70. The molecule has 0 bridgehead atoms. The van der Waals surface area contributed by atoms with Crippen molar-refractivity contribution in [1.82, 2.24) is 0 Å². The van der Waals surface area contributed by atoms with Crippen LogP contribution in [0.2, 0.25) is 0 Å². The van der Waals surface area contributed by atoms with Crippen LogP contribution in [0.15, 0.2) is 34.9 Å². The molecule has 118 valence electrons. The summed E-state index contributed by atoms with van der Waals surface area (Å²) in [7, 11) is 0. The normalized spacial score (nSPS) is 34.2. The van der Waals surface area contributed by atoms with Gasteiger partial charge in [-0.05, 0) is 83.1 Å². The molecule has 0 spiro atoms. The fourth-order valence-electron chi connectivity index (χ4n) is 3.94. The summed E-state index contributed by atoms with van der Waals surface area (Å²) in [6, 6.07) is 0. The van der Waals surface area contributed by atoms with E-state index in [0.717, 1.165) is 19.3 Å². The Bertz CT molecular complexity index is 473. The molecule has 21 heavy (non-hydrogen) atoms. The van der Waals surface area contributed by atoms with Crippen LogP contribution in [0, 0.1) is 11.3 Å². The van der Waals surface area contributed by atoms with Crippen LogP contribution in [0.3, 0.4) is 0 Å². The van der Waals surface area contributed by atoms with Crippen molar-refractivity contribution in [2.75, 3.05) is 0 Å². The van der Waals surface area contributed by atoms with Gasteiger partial charge in [-0.3, -0.25) is 0 Å². The van der Waals surface area contributed by atoms with Crippen LogP contribution in [0.5, 0.6) is 0 Å². The lowest BCUT2D eigenvalue weighted by atomic mass is 9.69. The summed E-state index contributed by atoms with van der Waals surface area (Å²) in [5, 5.41) is 10.5. The van der Waals surface area contributed by atoms with E-state index < -0.39 is 5.60 Å². The third-order valence-electron chi connectivity index (χ3n) is 5.49. The quantitative estimate of drug-likeness (QED) is 0.626. The van der Waals surface area contributed by atoms with E-state index in [-0.39, 0.29) is 5.41 Å². The summed E-state index contributed by atoms with van der Waals surface area (Å²) in [6.07, 6.45) is 14.1. The average molecular weight is 288 g/mol. The smallest absolute Gasteiger partial charge is 0.0803 e. The first kappa shape index (κ1) is 16.5. The molecule has 2 atom stereocenters. The Morgan fingerprint density at radius 3 is 2.33 bits per heavy atom. The SMILES string of the molecule is CC1=CC[C@]2(C)CC=C(C(C)(C)O)[C@H]2CC/C(C)=C/CC1. The fraction of sp³-hybridized carbons (Fsp3) is 0.700. The number of aliphatic hydroxyl groups is 1. The van der Waals surface area contributed by atoms with Crippen molar-refractivity contribution in [2.24, 2.45) is 11.3 Å². The van der Waals surface area contributed by atoms with Crippen molar-refractivity contribution >= 4 is 0 Å². The maximum absolute atomic E-state index is 10.5. The van der Waals surface area contributed by atoms with Crippen molar-refractivity contribution in [1.29, 1.82) is 0 Å². The van der Waals surface area contributed by atoms with Gasteiger partial charge >= 0.3 is 0 Å².